The number of hydrogen-bond acceptors (Lipinski definition) is 3. The zero-order chi connectivity index (χ0) is 14.6. The molecule has 1 unspecified atom stereocenters. The number of ketones is 1. The molecule has 3 heteroatoms. The average molecular weight is 275 g/mol. The van der Waals surface area contributed by atoms with E-state index in [-0.39, 0.29) is 11.7 Å². The standard InChI is InChI=1S/C17H25NO2/c1-4-17(5-2,20-6-3)16(19)14-11-7-9-13-10-8-12-18-15(13)14/h8,10,12,14H,4-7,9,11H2,1-3H3. The summed E-state index contributed by atoms with van der Waals surface area (Å²) in [6, 6.07) is 4.06. The summed E-state index contributed by atoms with van der Waals surface area (Å²) in [5.74, 6) is 0.135. The van der Waals surface area contributed by atoms with Crippen molar-refractivity contribution < 1.29 is 9.53 Å². The quantitative estimate of drug-likeness (QED) is 0.795. The number of hydrogen-bond donors (Lipinski definition) is 0. The third-order valence-corrected chi connectivity index (χ3v) is 4.52. The Morgan fingerprint density at radius 2 is 2.15 bits per heavy atom. The maximum atomic E-state index is 13.1. The lowest BCUT2D eigenvalue weighted by Crippen LogP contribution is -2.44. The number of carbonyl (C=O) groups excluding carboxylic acids is 1. The molecule has 3 nitrogen and oxygen atoms in total. The molecule has 0 radical (unpaired) electrons. The van der Waals surface area contributed by atoms with Gasteiger partial charge in [0.1, 0.15) is 5.60 Å². The van der Waals surface area contributed by atoms with Gasteiger partial charge in [0.25, 0.3) is 0 Å². The number of aryl methyl sites for hydroxylation is 1. The number of pyridine rings is 1. The van der Waals surface area contributed by atoms with Crippen LogP contribution in [0.4, 0.5) is 0 Å². The second kappa shape index (κ2) is 6.49. The van der Waals surface area contributed by atoms with E-state index in [9.17, 15) is 4.79 Å². The first-order chi connectivity index (χ1) is 9.68. The van der Waals surface area contributed by atoms with Crippen LogP contribution in [0.1, 0.15) is 63.6 Å². The summed E-state index contributed by atoms with van der Waals surface area (Å²) in [6.07, 6.45) is 6.25. The zero-order valence-corrected chi connectivity index (χ0v) is 12.8. The molecule has 1 heterocycles. The molecule has 1 aromatic heterocycles. The first-order valence-electron chi connectivity index (χ1n) is 7.80. The summed E-state index contributed by atoms with van der Waals surface area (Å²) in [5.41, 5.74) is 1.58. The molecule has 0 fully saturated rings. The lowest BCUT2D eigenvalue weighted by atomic mass is 9.76. The average Bonchev–Trinajstić information content (AvgIpc) is 2.51. The van der Waals surface area contributed by atoms with Gasteiger partial charge in [-0.25, -0.2) is 0 Å². The Bertz CT molecular complexity index is 466. The van der Waals surface area contributed by atoms with Gasteiger partial charge in [0.2, 0.25) is 0 Å². The van der Waals surface area contributed by atoms with Gasteiger partial charge >= 0.3 is 0 Å². The Morgan fingerprint density at radius 1 is 1.40 bits per heavy atom. The fourth-order valence-corrected chi connectivity index (χ4v) is 3.33. The molecule has 0 aliphatic heterocycles. The summed E-state index contributed by atoms with van der Waals surface area (Å²) in [7, 11) is 0. The molecule has 0 spiro atoms. The van der Waals surface area contributed by atoms with Gasteiger partial charge in [-0.15, -0.1) is 0 Å². The van der Waals surface area contributed by atoms with Gasteiger partial charge in [-0.3, -0.25) is 9.78 Å². The van der Waals surface area contributed by atoms with Gasteiger partial charge in [-0.05, 0) is 50.7 Å². The summed E-state index contributed by atoms with van der Waals surface area (Å²) in [4.78, 5) is 17.6. The molecule has 0 amide bonds. The van der Waals surface area contributed by atoms with Crippen LogP contribution in [0.3, 0.4) is 0 Å². The van der Waals surface area contributed by atoms with E-state index < -0.39 is 5.60 Å². The number of ether oxygens (including phenoxy) is 1. The fourth-order valence-electron chi connectivity index (χ4n) is 3.33. The van der Waals surface area contributed by atoms with Crippen LogP contribution in [-0.2, 0) is 16.0 Å². The van der Waals surface area contributed by atoms with E-state index in [1.54, 1.807) is 6.20 Å². The Labute approximate surface area is 121 Å². The molecule has 0 aromatic carbocycles. The Balaban J connectivity index is 2.34. The Morgan fingerprint density at radius 3 is 2.80 bits per heavy atom. The summed E-state index contributed by atoms with van der Waals surface area (Å²) < 4.78 is 5.88. The highest BCUT2D eigenvalue weighted by Gasteiger charge is 2.42. The highest BCUT2D eigenvalue weighted by molar-refractivity contribution is 5.93. The summed E-state index contributed by atoms with van der Waals surface area (Å²) >= 11 is 0. The molecule has 110 valence electrons. The lowest BCUT2D eigenvalue weighted by molar-refractivity contribution is -0.147. The molecule has 1 aromatic rings. The predicted molar refractivity (Wildman–Crippen MR) is 79.9 cm³/mol. The number of nitrogens with zero attached hydrogens (tertiary/aromatic N) is 1. The van der Waals surface area contributed by atoms with Crippen molar-refractivity contribution in [2.45, 2.75) is 64.4 Å². The van der Waals surface area contributed by atoms with Crippen LogP contribution >= 0.6 is 0 Å². The van der Waals surface area contributed by atoms with E-state index in [1.807, 2.05) is 26.8 Å². The zero-order valence-electron chi connectivity index (χ0n) is 12.8. The molecular weight excluding hydrogens is 250 g/mol. The normalized spacial score (nSPS) is 18.6. The molecule has 0 bridgehead atoms. The number of rotatable bonds is 6. The van der Waals surface area contributed by atoms with E-state index in [2.05, 4.69) is 11.1 Å². The third-order valence-electron chi connectivity index (χ3n) is 4.52. The maximum Gasteiger partial charge on any atom is 0.173 e. The van der Waals surface area contributed by atoms with E-state index in [1.165, 1.54) is 5.56 Å². The number of Topliss-reactive ketones (excluding diaryl/α,β-unsaturated/α-hetero) is 1. The van der Waals surface area contributed by atoms with E-state index >= 15 is 0 Å². The fraction of sp³-hybridized carbons (Fsp3) is 0.647. The van der Waals surface area contributed by atoms with Crippen LogP contribution in [-0.4, -0.2) is 23.0 Å². The smallest absolute Gasteiger partial charge is 0.173 e. The monoisotopic (exact) mass is 275 g/mol. The van der Waals surface area contributed by atoms with E-state index in [0.717, 1.165) is 37.8 Å². The molecule has 1 aliphatic rings. The molecule has 0 saturated carbocycles. The Kier molecular flexibility index (Phi) is 4.92. The molecule has 0 N–H and O–H groups in total. The minimum atomic E-state index is -0.633. The van der Waals surface area contributed by atoms with Crippen molar-refractivity contribution in [2.24, 2.45) is 0 Å². The predicted octanol–water partition coefficient (Wildman–Crippen LogP) is 3.67. The largest absolute Gasteiger partial charge is 0.367 e. The van der Waals surface area contributed by atoms with Crippen molar-refractivity contribution in [3.8, 4) is 0 Å². The number of fused-ring (bicyclic) bond motifs is 1. The van der Waals surface area contributed by atoms with Gasteiger partial charge in [0.05, 0.1) is 11.6 Å². The Hall–Kier alpha value is -1.22. The lowest BCUT2D eigenvalue weighted by Gasteiger charge is -2.35. The van der Waals surface area contributed by atoms with Crippen molar-refractivity contribution >= 4 is 5.78 Å². The summed E-state index contributed by atoms with van der Waals surface area (Å²) in [6.45, 7) is 6.62. The van der Waals surface area contributed by atoms with Crippen LogP contribution in [0.25, 0.3) is 0 Å². The van der Waals surface area contributed by atoms with Crippen LogP contribution in [0, 0.1) is 0 Å². The second-order valence-corrected chi connectivity index (χ2v) is 5.49. The third kappa shape index (κ3) is 2.64. The van der Waals surface area contributed by atoms with Crippen molar-refractivity contribution in [1.29, 1.82) is 0 Å². The molecular formula is C17H25NO2. The van der Waals surface area contributed by atoms with Crippen LogP contribution in [0.2, 0.25) is 0 Å². The highest BCUT2D eigenvalue weighted by atomic mass is 16.5. The molecule has 2 rings (SSSR count). The molecule has 1 atom stereocenters. The topological polar surface area (TPSA) is 39.2 Å². The van der Waals surface area contributed by atoms with Crippen LogP contribution in [0.15, 0.2) is 18.3 Å². The van der Waals surface area contributed by atoms with E-state index in [0.29, 0.717) is 6.61 Å². The highest BCUT2D eigenvalue weighted by Crippen LogP contribution is 2.36. The minimum absolute atomic E-state index is 0.0913. The van der Waals surface area contributed by atoms with E-state index in [4.69, 9.17) is 4.74 Å². The summed E-state index contributed by atoms with van der Waals surface area (Å²) in [5, 5.41) is 0. The first kappa shape index (κ1) is 15.2. The van der Waals surface area contributed by atoms with Crippen molar-refractivity contribution in [3.05, 3.63) is 29.6 Å². The van der Waals surface area contributed by atoms with Crippen molar-refractivity contribution in [1.82, 2.24) is 4.98 Å². The minimum Gasteiger partial charge on any atom is -0.367 e. The van der Waals surface area contributed by atoms with Gasteiger partial charge < -0.3 is 4.74 Å². The van der Waals surface area contributed by atoms with Gasteiger partial charge in [0, 0.05) is 12.8 Å². The first-order valence-corrected chi connectivity index (χ1v) is 7.80. The van der Waals surface area contributed by atoms with Crippen molar-refractivity contribution in [2.75, 3.05) is 6.61 Å². The van der Waals surface area contributed by atoms with Gasteiger partial charge in [-0.2, -0.15) is 0 Å². The number of carbonyl (C=O) groups is 1. The molecule has 1 aliphatic carbocycles. The molecule has 0 saturated heterocycles. The maximum absolute atomic E-state index is 13.1. The SMILES string of the molecule is CCOC(CC)(CC)C(=O)C1CCCc2cccnc21. The van der Waals surface area contributed by atoms with Crippen molar-refractivity contribution in [3.63, 3.8) is 0 Å². The molecule has 20 heavy (non-hydrogen) atoms. The van der Waals surface area contributed by atoms with Gasteiger partial charge in [-0.1, -0.05) is 19.9 Å². The van der Waals surface area contributed by atoms with Gasteiger partial charge in [0.15, 0.2) is 5.78 Å². The second-order valence-electron chi connectivity index (χ2n) is 5.49. The van der Waals surface area contributed by atoms with Crippen LogP contribution < -0.4 is 0 Å². The van der Waals surface area contributed by atoms with Crippen LogP contribution in [0.5, 0.6) is 0 Å². The number of aromatic nitrogens is 1.